The smallest absolute Gasteiger partial charge is 0.273 e. The highest BCUT2D eigenvalue weighted by Gasteiger charge is 2.30. The first-order valence-corrected chi connectivity index (χ1v) is 8.50. The summed E-state index contributed by atoms with van der Waals surface area (Å²) in [5, 5.41) is 8.01. The Morgan fingerprint density at radius 2 is 2.45 bits per heavy atom. The van der Waals surface area contributed by atoms with Gasteiger partial charge in [-0.3, -0.25) is 4.79 Å². The maximum Gasteiger partial charge on any atom is 0.273 e. The number of aromatic nitrogens is 1. The van der Waals surface area contributed by atoms with Crippen molar-refractivity contribution >= 4 is 28.6 Å². The molecular weight excluding hydrogens is 290 g/mol. The van der Waals surface area contributed by atoms with E-state index in [1.165, 1.54) is 0 Å². The van der Waals surface area contributed by atoms with E-state index >= 15 is 0 Å². The zero-order valence-electron chi connectivity index (χ0n) is 11.3. The maximum absolute atomic E-state index is 12.6. The Morgan fingerprint density at radius 1 is 1.55 bits per heavy atom. The van der Waals surface area contributed by atoms with E-state index in [2.05, 4.69) is 10.3 Å². The molecule has 106 valence electrons. The molecule has 2 aromatic rings. The highest BCUT2D eigenvalue weighted by molar-refractivity contribution is 7.20. The molecule has 6 heteroatoms. The number of carbonyl (C=O) groups excluding carboxylic acids is 1. The van der Waals surface area contributed by atoms with Crippen LogP contribution in [-0.2, 0) is 0 Å². The average Bonchev–Trinajstić information content (AvgIpc) is 3.19. The molecule has 0 bridgehead atoms. The summed E-state index contributed by atoms with van der Waals surface area (Å²) in [6, 6.07) is 4.35. The van der Waals surface area contributed by atoms with Crippen LogP contribution in [0.5, 0.6) is 0 Å². The summed E-state index contributed by atoms with van der Waals surface area (Å²) >= 11 is 3.20. The van der Waals surface area contributed by atoms with Gasteiger partial charge in [-0.1, -0.05) is 6.07 Å². The van der Waals surface area contributed by atoms with E-state index in [0.29, 0.717) is 11.7 Å². The third kappa shape index (κ3) is 2.63. The Hall–Kier alpha value is -1.24. The van der Waals surface area contributed by atoms with Crippen molar-refractivity contribution in [1.29, 1.82) is 0 Å². The summed E-state index contributed by atoms with van der Waals surface area (Å²) in [4.78, 5) is 20.2. The summed E-state index contributed by atoms with van der Waals surface area (Å²) in [5.74, 6) is 0.0711. The van der Waals surface area contributed by atoms with Crippen LogP contribution in [0.15, 0.2) is 22.9 Å². The highest BCUT2D eigenvalue weighted by Crippen LogP contribution is 2.29. The molecule has 0 aliphatic carbocycles. The van der Waals surface area contributed by atoms with E-state index in [1.807, 2.05) is 34.8 Å². The first kappa shape index (κ1) is 13.7. The fourth-order valence-corrected chi connectivity index (χ4v) is 4.19. The molecule has 3 heterocycles. The molecule has 0 aromatic carbocycles. The molecule has 2 aromatic heterocycles. The van der Waals surface area contributed by atoms with Gasteiger partial charge in [0.15, 0.2) is 0 Å². The number of nitrogens with one attached hydrogen (secondary N) is 1. The number of thiophene rings is 1. The normalized spacial score (nSPS) is 18.6. The number of amides is 1. The van der Waals surface area contributed by atoms with E-state index in [4.69, 9.17) is 0 Å². The van der Waals surface area contributed by atoms with Gasteiger partial charge in [-0.05, 0) is 31.3 Å². The van der Waals surface area contributed by atoms with Gasteiger partial charge in [-0.15, -0.1) is 22.7 Å². The largest absolute Gasteiger partial charge is 0.333 e. The predicted octanol–water partition coefficient (Wildman–Crippen LogP) is 2.70. The minimum absolute atomic E-state index is 0.0711. The lowest BCUT2D eigenvalue weighted by atomic mass is 10.2. The molecule has 1 N–H and O–H groups in total. The number of nitrogens with zero attached hydrogens (tertiary/aromatic N) is 2. The second-order valence-electron chi connectivity index (χ2n) is 4.87. The summed E-state index contributed by atoms with van der Waals surface area (Å²) in [6.07, 6.45) is 2.16. The van der Waals surface area contributed by atoms with E-state index in [0.717, 1.165) is 35.8 Å². The van der Waals surface area contributed by atoms with Crippen LogP contribution in [0.4, 0.5) is 0 Å². The Kier molecular flexibility index (Phi) is 4.14. The van der Waals surface area contributed by atoms with Crippen LogP contribution >= 0.6 is 22.7 Å². The zero-order chi connectivity index (χ0) is 13.9. The second-order valence-corrected chi connectivity index (χ2v) is 6.67. The molecule has 3 rings (SSSR count). The molecule has 1 amide bonds. The minimum atomic E-state index is 0.0711. The summed E-state index contributed by atoms with van der Waals surface area (Å²) in [6.45, 7) is 1.70. The molecule has 1 aliphatic heterocycles. The van der Waals surface area contributed by atoms with Crippen LogP contribution < -0.4 is 5.32 Å². The molecule has 1 atom stereocenters. The van der Waals surface area contributed by atoms with Gasteiger partial charge in [0.05, 0.1) is 4.88 Å². The summed E-state index contributed by atoms with van der Waals surface area (Å²) in [5.41, 5.74) is 0.585. The van der Waals surface area contributed by atoms with Crippen LogP contribution in [0.2, 0.25) is 0 Å². The number of likely N-dealkylation sites (tertiary alicyclic amines) is 1. The summed E-state index contributed by atoms with van der Waals surface area (Å²) in [7, 11) is 1.93. The lowest BCUT2D eigenvalue weighted by Crippen LogP contribution is -2.40. The van der Waals surface area contributed by atoms with Crippen LogP contribution in [0.1, 0.15) is 23.3 Å². The van der Waals surface area contributed by atoms with Gasteiger partial charge in [0.2, 0.25) is 0 Å². The van der Waals surface area contributed by atoms with Gasteiger partial charge in [-0.2, -0.15) is 0 Å². The van der Waals surface area contributed by atoms with Crippen molar-refractivity contribution in [3.63, 3.8) is 0 Å². The molecule has 1 unspecified atom stereocenters. The SMILES string of the molecule is CNCC1CCCN1C(=O)c1csc(-c2cccs2)n1. The van der Waals surface area contributed by atoms with Crippen molar-refractivity contribution in [2.45, 2.75) is 18.9 Å². The van der Waals surface area contributed by atoms with Gasteiger partial charge in [0.1, 0.15) is 10.7 Å². The van der Waals surface area contributed by atoms with E-state index in [1.54, 1.807) is 22.7 Å². The Bertz CT molecular complexity index is 579. The van der Waals surface area contributed by atoms with Gasteiger partial charge in [0, 0.05) is 24.5 Å². The lowest BCUT2D eigenvalue weighted by Gasteiger charge is -2.23. The fourth-order valence-electron chi connectivity index (χ4n) is 2.58. The van der Waals surface area contributed by atoms with Crippen molar-refractivity contribution in [3.05, 3.63) is 28.6 Å². The van der Waals surface area contributed by atoms with Gasteiger partial charge >= 0.3 is 0 Å². The fraction of sp³-hybridized carbons (Fsp3) is 0.429. The molecule has 0 radical (unpaired) electrons. The average molecular weight is 307 g/mol. The van der Waals surface area contributed by atoms with Crippen LogP contribution in [-0.4, -0.2) is 42.0 Å². The van der Waals surface area contributed by atoms with E-state index in [9.17, 15) is 4.79 Å². The quantitative estimate of drug-likeness (QED) is 0.944. The topological polar surface area (TPSA) is 45.2 Å². The highest BCUT2D eigenvalue weighted by atomic mass is 32.1. The van der Waals surface area contributed by atoms with E-state index < -0.39 is 0 Å². The number of hydrogen-bond donors (Lipinski definition) is 1. The first-order chi connectivity index (χ1) is 9.79. The van der Waals surface area contributed by atoms with Crippen molar-refractivity contribution in [2.24, 2.45) is 0 Å². The third-order valence-electron chi connectivity index (χ3n) is 3.53. The van der Waals surface area contributed by atoms with Crippen molar-refractivity contribution in [1.82, 2.24) is 15.2 Å². The Labute approximate surface area is 126 Å². The molecule has 0 spiro atoms. The van der Waals surface area contributed by atoms with Crippen molar-refractivity contribution in [2.75, 3.05) is 20.1 Å². The number of thiazole rings is 1. The molecule has 1 fully saturated rings. The number of hydrogen-bond acceptors (Lipinski definition) is 5. The Morgan fingerprint density at radius 3 is 3.20 bits per heavy atom. The van der Waals surface area contributed by atoms with Gasteiger partial charge < -0.3 is 10.2 Å². The third-order valence-corrected chi connectivity index (χ3v) is 5.41. The van der Waals surface area contributed by atoms with Gasteiger partial charge in [0.25, 0.3) is 5.91 Å². The maximum atomic E-state index is 12.6. The van der Waals surface area contributed by atoms with Crippen LogP contribution in [0, 0.1) is 0 Å². The first-order valence-electron chi connectivity index (χ1n) is 6.74. The lowest BCUT2D eigenvalue weighted by molar-refractivity contribution is 0.0732. The van der Waals surface area contributed by atoms with Crippen LogP contribution in [0.3, 0.4) is 0 Å². The van der Waals surface area contributed by atoms with E-state index in [-0.39, 0.29) is 5.91 Å². The second kappa shape index (κ2) is 6.03. The molecular formula is C14H17N3OS2. The zero-order valence-corrected chi connectivity index (χ0v) is 13.0. The molecule has 4 nitrogen and oxygen atoms in total. The van der Waals surface area contributed by atoms with Gasteiger partial charge in [-0.25, -0.2) is 4.98 Å². The molecule has 1 aliphatic rings. The molecule has 1 saturated heterocycles. The Balaban J connectivity index is 1.77. The number of likely N-dealkylation sites (N-methyl/N-ethyl adjacent to an activating group) is 1. The van der Waals surface area contributed by atoms with Crippen LogP contribution in [0.25, 0.3) is 9.88 Å². The minimum Gasteiger partial charge on any atom is -0.333 e. The molecule has 20 heavy (non-hydrogen) atoms. The van der Waals surface area contributed by atoms with Crippen molar-refractivity contribution in [3.8, 4) is 9.88 Å². The summed E-state index contributed by atoms with van der Waals surface area (Å²) < 4.78 is 0. The predicted molar refractivity (Wildman–Crippen MR) is 83.4 cm³/mol. The molecule has 0 saturated carbocycles. The monoisotopic (exact) mass is 307 g/mol. The number of rotatable bonds is 4. The van der Waals surface area contributed by atoms with Crippen molar-refractivity contribution < 1.29 is 4.79 Å². The number of carbonyl (C=O) groups is 1. The standard InChI is InChI=1S/C14H17N3OS2/c1-15-8-10-4-2-6-17(10)14(18)11-9-20-13(16-11)12-5-3-7-19-12/h3,5,7,9-10,15H,2,4,6,8H2,1H3.